The van der Waals surface area contributed by atoms with E-state index in [-0.39, 0.29) is 11.9 Å². The molecule has 7 nitrogen and oxygen atoms in total. The highest BCUT2D eigenvalue weighted by Gasteiger charge is 2.43. The maximum atomic E-state index is 13.2. The number of anilines is 1. The molecule has 3 heterocycles. The van der Waals surface area contributed by atoms with Gasteiger partial charge in [0, 0.05) is 23.1 Å². The van der Waals surface area contributed by atoms with Gasteiger partial charge in [-0.1, -0.05) is 13.8 Å². The summed E-state index contributed by atoms with van der Waals surface area (Å²) in [6.45, 7) is 4.29. The number of ether oxygens (including phenoxy) is 1. The molecule has 0 saturated heterocycles. The number of amides is 1. The van der Waals surface area contributed by atoms with E-state index in [4.69, 9.17) is 4.74 Å². The molecule has 0 aliphatic carbocycles. The Kier molecular flexibility index (Phi) is 4.35. The number of hydrogen-bond acceptors (Lipinski definition) is 5. The zero-order chi connectivity index (χ0) is 19.0. The van der Waals surface area contributed by atoms with Crippen LogP contribution in [0.15, 0.2) is 42.9 Å². The van der Waals surface area contributed by atoms with Gasteiger partial charge in [-0.25, -0.2) is 9.97 Å². The smallest absolute Gasteiger partial charge is 0.280 e. The molecule has 4 rings (SSSR count). The fourth-order valence-electron chi connectivity index (χ4n) is 3.52. The van der Waals surface area contributed by atoms with Crippen LogP contribution in [0.25, 0.3) is 0 Å². The molecule has 0 saturated carbocycles. The van der Waals surface area contributed by atoms with Gasteiger partial charge in [-0.05, 0) is 42.7 Å². The largest absolute Gasteiger partial charge is 0.497 e. The fourth-order valence-corrected chi connectivity index (χ4v) is 3.52. The van der Waals surface area contributed by atoms with Crippen molar-refractivity contribution in [2.75, 3.05) is 12.0 Å². The van der Waals surface area contributed by atoms with E-state index < -0.39 is 0 Å². The van der Waals surface area contributed by atoms with Gasteiger partial charge in [-0.15, -0.1) is 0 Å². The first-order valence-electron chi connectivity index (χ1n) is 8.90. The van der Waals surface area contributed by atoms with Crippen LogP contribution in [-0.4, -0.2) is 33.2 Å². The van der Waals surface area contributed by atoms with E-state index in [2.05, 4.69) is 34.0 Å². The predicted octanol–water partition coefficient (Wildman–Crippen LogP) is 3.16. The van der Waals surface area contributed by atoms with Crippen LogP contribution in [0.3, 0.4) is 0 Å². The molecule has 0 bridgehead atoms. The lowest BCUT2D eigenvalue weighted by atomic mass is 9.98. The number of methoxy groups -OCH3 is 1. The number of nitrogens with zero attached hydrogens (tertiary/aromatic N) is 4. The molecular weight excluding hydrogens is 342 g/mol. The van der Waals surface area contributed by atoms with Gasteiger partial charge in [0.15, 0.2) is 5.69 Å². The van der Waals surface area contributed by atoms with E-state index in [0.717, 1.165) is 34.8 Å². The zero-order valence-corrected chi connectivity index (χ0v) is 15.5. The lowest BCUT2D eigenvalue weighted by molar-refractivity contribution is 0.0988. The monoisotopic (exact) mass is 363 g/mol. The van der Waals surface area contributed by atoms with Crippen LogP contribution >= 0.6 is 0 Å². The summed E-state index contributed by atoms with van der Waals surface area (Å²) in [6, 6.07) is 8.95. The van der Waals surface area contributed by atoms with Crippen LogP contribution in [0.2, 0.25) is 0 Å². The third-order valence-corrected chi connectivity index (χ3v) is 4.68. The van der Waals surface area contributed by atoms with Gasteiger partial charge in [-0.3, -0.25) is 14.8 Å². The Balaban J connectivity index is 1.85. The predicted molar refractivity (Wildman–Crippen MR) is 101 cm³/mol. The van der Waals surface area contributed by atoms with Gasteiger partial charge in [0.05, 0.1) is 12.8 Å². The Labute approximate surface area is 157 Å². The SMILES string of the molecule is COc1ccc(N2C(=O)c3n[nH]c(CC(C)C)c3C2c2ccncn2)cc1. The van der Waals surface area contributed by atoms with Gasteiger partial charge >= 0.3 is 0 Å². The third kappa shape index (κ3) is 2.95. The summed E-state index contributed by atoms with van der Waals surface area (Å²) < 4.78 is 5.24. The number of aromatic amines is 1. The van der Waals surface area contributed by atoms with Crippen molar-refractivity contribution in [2.24, 2.45) is 5.92 Å². The first-order chi connectivity index (χ1) is 13.1. The molecule has 1 amide bonds. The maximum Gasteiger partial charge on any atom is 0.280 e. The Hall–Kier alpha value is -3.22. The van der Waals surface area contributed by atoms with Crippen molar-refractivity contribution in [2.45, 2.75) is 26.3 Å². The van der Waals surface area contributed by atoms with Gasteiger partial charge in [0.25, 0.3) is 5.91 Å². The number of rotatable bonds is 5. The van der Waals surface area contributed by atoms with E-state index in [1.54, 1.807) is 18.2 Å². The Morgan fingerprint density at radius 3 is 2.63 bits per heavy atom. The van der Waals surface area contributed by atoms with Crippen LogP contribution in [0, 0.1) is 5.92 Å². The Morgan fingerprint density at radius 1 is 1.22 bits per heavy atom. The molecule has 0 radical (unpaired) electrons. The lowest BCUT2D eigenvalue weighted by Crippen LogP contribution is -2.30. The minimum atomic E-state index is -0.337. The molecule has 27 heavy (non-hydrogen) atoms. The number of nitrogens with one attached hydrogen (secondary N) is 1. The number of carbonyl (C=O) groups is 1. The molecule has 7 heteroatoms. The van der Waals surface area contributed by atoms with E-state index in [0.29, 0.717) is 11.6 Å². The summed E-state index contributed by atoms with van der Waals surface area (Å²) >= 11 is 0. The number of fused-ring (bicyclic) bond motifs is 1. The highest BCUT2D eigenvalue weighted by atomic mass is 16.5. The van der Waals surface area contributed by atoms with Gasteiger partial charge < -0.3 is 4.74 Å². The summed E-state index contributed by atoms with van der Waals surface area (Å²) in [7, 11) is 1.62. The number of carbonyl (C=O) groups excluding carboxylic acids is 1. The number of hydrogen-bond donors (Lipinski definition) is 1. The van der Waals surface area contributed by atoms with E-state index in [1.807, 2.05) is 30.3 Å². The molecule has 0 spiro atoms. The minimum absolute atomic E-state index is 0.134. The zero-order valence-electron chi connectivity index (χ0n) is 15.5. The molecule has 1 aromatic carbocycles. The van der Waals surface area contributed by atoms with Crippen LogP contribution < -0.4 is 9.64 Å². The summed E-state index contributed by atoms with van der Waals surface area (Å²) in [6.07, 6.45) is 4.01. The van der Waals surface area contributed by atoms with Crippen LogP contribution in [0.5, 0.6) is 5.75 Å². The standard InChI is InChI=1S/C20H21N5O2/c1-12(2)10-16-17-18(24-23-16)20(26)25(13-4-6-14(27-3)7-5-13)19(17)15-8-9-21-11-22-15/h4-9,11-12,19H,10H2,1-3H3,(H,23,24). The van der Waals surface area contributed by atoms with Crippen molar-refractivity contribution in [3.63, 3.8) is 0 Å². The van der Waals surface area contributed by atoms with Crippen molar-refractivity contribution in [1.82, 2.24) is 20.2 Å². The van der Waals surface area contributed by atoms with Gasteiger partial charge in [0.2, 0.25) is 0 Å². The summed E-state index contributed by atoms with van der Waals surface area (Å²) in [5.74, 6) is 1.04. The van der Waals surface area contributed by atoms with Crippen molar-refractivity contribution < 1.29 is 9.53 Å². The van der Waals surface area contributed by atoms with Crippen LogP contribution in [-0.2, 0) is 6.42 Å². The molecule has 3 aromatic rings. The number of H-pyrrole nitrogens is 1. The topological polar surface area (TPSA) is 84.0 Å². The number of aromatic nitrogens is 4. The van der Waals surface area contributed by atoms with Crippen molar-refractivity contribution >= 4 is 11.6 Å². The lowest BCUT2D eigenvalue weighted by Gasteiger charge is -2.26. The molecule has 1 unspecified atom stereocenters. The highest BCUT2D eigenvalue weighted by Crippen LogP contribution is 2.42. The molecule has 138 valence electrons. The third-order valence-electron chi connectivity index (χ3n) is 4.68. The van der Waals surface area contributed by atoms with Crippen molar-refractivity contribution in [3.05, 3.63) is 65.5 Å². The average Bonchev–Trinajstić information content (AvgIpc) is 3.21. The van der Waals surface area contributed by atoms with E-state index in [9.17, 15) is 4.79 Å². The molecule has 1 N–H and O–H groups in total. The van der Waals surface area contributed by atoms with Crippen LogP contribution in [0.1, 0.15) is 47.3 Å². The Bertz CT molecular complexity index is 950. The van der Waals surface area contributed by atoms with Crippen molar-refractivity contribution in [3.8, 4) is 5.75 Å². The quantitative estimate of drug-likeness (QED) is 0.753. The first-order valence-corrected chi connectivity index (χ1v) is 8.90. The fraction of sp³-hybridized carbons (Fsp3) is 0.300. The second-order valence-corrected chi connectivity index (χ2v) is 6.97. The average molecular weight is 363 g/mol. The Morgan fingerprint density at radius 2 is 2.00 bits per heavy atom. The summed E-state index contributed by atoms with van der Waals surface area (Å²) in [5.41, 5.74) is 3.89. The van der Waals surface area contributed by atoms with Crippen molar-refractivity contribution in [1.29, 1.82) is 0 Å². The number of benzene rings is 1. The minimum Gasteiger partial charge on any atom is -0.497 e. The van der Waals surface area contributed by atoms with E-state index in [1.165, 1.54) is 6.33 Å². The molecule has 2 aromatic heterocycles. The second-order valence-electron chi connectivity index (χ2n) is 6.97. The highest BCUT2D eigenvalue weighted by molar-refractivity contribution is 6.10. The summed E-state index contributed by atoms with van der Waals surface area (Å²) in [5, 5.41) is 7.40. The summed E-state index contributed by atoms with van der Waals surface area (Å²) in [4.78, 5) is 23.4. The first kappa shape index (κ1) is 17.2. The molecule has 1 atom stereocenters. The normalized spacial score (nSPS) is 16.1. The maximum absolute atomic E-state index is 13.2. The van der Waals surface area contributed by atoms with Crippen LogP contribution in [0.4, 0.5) is 5.69 Å². The second kappa shape index (κ2) is 6.83. The molecular formula is C20H21N5O2. The van der Waals surface area contributed by atoms with E-state index >= 15 is 0 Å². The molecule has 0 fully saturated rings. The molecule has 1 aliphatic heterocycles. The molecule has 1 aliphatic rings. The van der Waals surface area contributed by atoms with Gasteiger partial charge in [0.1, 0.15) is 18.1 Å². The van der Waals surface area contributed by atoms with Gasteiger partial charge in [-0.2, -0.15) is 5.10 Å².